The van der Waals surface area contributed by atoms with Crippen LogP contribution in [0.25, 0.3) is 0 Å². The summed E-state index contributed by atoms with van der Waals surface area (Å²) in [4.78, 5) is 84.4. The smallest absolute Gasteiger partial charge is 0.329 e. The summed E-state index contributed by atoms with van der Waals surface area (Å²) in [6, 6.07) is 30.7. The van der Waals surface area contributed by atoms with Crippen molar-refractivity contribution in [3.05, 3.63) is 155 Å². The summed E-state index contributed by atoms with van der Waals surface area (Å²) < 4.78 is 29.3. The first kappa shape index (κ1) is 50.8. The highest BCUT2D eigenvalue weighted by atomic mass is 16.7. The third kappa shape index (κ3) is 9.22. The maximum Gasteiger partial charge on any atom is 0.329 e. The number of piperazine rings is 1. The van der Waals surface area contributed by atoms with Crippen LogP contribution in [0.3, 0.4) is 0 Å². The lowest BCUT2D eigenvalue weighted by molar-refractivity contribution is -0.179. The van der Waals surface area contributed by atoms with Crippen molar-refractivity contribution >= 4 is 35.5 Å². The Morgan fingerprint density at radius 2 is 1.52 bits per heavy atom. The Labute approximate surface area is 434 Å². The summed E-state index contributed by atoms with van der Waals surface area (Å²) in [6.07, 6.45) is -0.838. The van der Waals surface area contributed by atoms with Gasteiger partial charge in [-0.1, -0.05) is 111 Å². The highest BCUT2D eigenvalue weighted by Gasteiger charge is 2.76. The van der Waals surface area contributed by atoms with Crippen molar-refractivity contribution in [1.29, 1.82) is 0 Å². The maximum absolute atomic E-state index is 16.9. The van der Waals surface area contributed by atoms with Gasteiger partial charge in [-0.05, 0) is 64.6 Å². The molecule has 0 bridgehead atoms. The number of carbonyl (C=O) groups excluding carboxylic acids is 5. The molecular formula is C58H59N5O12. The van der Waals surface area contributed by atoms with Gasteiger partial charge in [0.25, 0.3) is 0 Å². The molecule has 0 aliphatic carbocycles. The van der Waals surface area contributed by atoms with Crippen molar-refractivity contribution in [2.45, 2.75) is 62.5 Å². The molecule has 0 aromatic heterocycles. The molecule has 5 aromatic rings. The molecule has 5 aliphatic rings. The molecule has 5 aliphatic heterocycles. The van der Waals surface area contributed by atoms with E-state index in [1.54, 1.807) is 61.2 Å². The van der Waals surface area contributed by atoms with Gasteiger partial charge >= 0.3 is 18.0 Å². The number of esters is 2. The molecule has 1 spiro atoms. The molecular weight excluding hydrogens is 959 g/mol. The van der Waals surface area contributed by atoms with Crippen LogP contribution in [0.4, 0.5) is 10.5 Å². The number of hydrogen-bond acceptors (Lipinski definition) is 14. The van der Waals surface area contributed by atoms with E-state index in [9.17, 15) is 15.0 Å². The number of para-hydroxylation sites is 1. The maximum atomic E-state index is 16.9. The Morgan fingerprint density at radius 1 is 0.813 bits per heavy atom. The van der Waals surface area contributed by atoms with Crippen molar-refractivity contribution in [1.82, 2.24) is 20.0 Å². The number of aliphatic hydroxyl groups is 2. The summed E-state index contributed by atoms with van der Waals surface area (Å²) in [7, 11) is 1.21. The second-order valence-electron chi connectivity index (χ2n) is 19.5. The number of nitrogens with zero attached hydrogens (tertiary/aromatic N) is 4. The van der Waals surface area contributed by atoms with E-state index in [1.165, 1.54) is 7.11 Å². The highest BCUT2D eigenvalue weighted by molar-refractivity contribution is 6.25. The summed E-state index contributed by atoms with van der Waals surface area (Å²) in [5, 5.41) is 22.7. The average molecular weight is 1020 g/mol. The Kier molecular flexibility index (Phi) is 14.6. The van der Waals surface area contributed by atoms with Gasteiger partial charge in [-0.15, -0.1) is 0 Å². The zero-order valence-corrected chi connectivity index (χ0v) is 41.9. The number of methoxy groups -OCH3 is 1. The molecule has 0 radical (unpaired) electrons. The van der Waals surface area contributed by atoms with Gasteiger partial charge in [0.1, 0.15) is 36.0 Å². The van der Waals surface area contributed by atoms with Gasteiger partial charge in [0, 0.05) is 50.3 Å². The van der Waals surface area contributed by atoms with Crippen molar-refractivity contribution in [2.75, 3.05) is 64.8 Å². The van der Waals surface area contributed by atoms with E-state index in [2.05, 4.69) is 22.1 Å². The molecule has 7 unspecified atom stereocenters. The first-order valence-electron chi connectivity index (χ1n) is 25.3. The molecule has 3 N–H and O–H groups in total. The lowest BCUT2D eigenvalue weighted by Gasteiger charge is -2.46. The fraction of sp³-hybridized carbons (Fsp3) is 0.362. The highest BCUT2D eigenvalue weighted by Crippen LogP contribution is 2.67. The van der Waals surface area contributed by atoms with Gasteiger partial charge in [0.2, 0.25) is 18.6 Å². The van der Waals surface area contributed by atoms with E-state index >= 15 is 19.2 Å². The van der Waals surface area contributed by atoms with Gasteiger partial charge in [-0.25, -0.2) is 14.5 Å². The number of imide groups is 1. The molecule has 5 aromatic carbocycles. The van der Waals surface area contributed by atoms with Crippen LogP contribution in [0.1, 0.15) is 71.8 Å². The molecule has 3 fully saturated rings. The third-order valence-corrected chi connectivity index (χ3v) is 14.9. The van der Waals surface area contributed by atoms with Crippen molar-refractivity contribution in [3.8, 4) is 29.1 Å². The van der Waals surface area contributed by atoms with E-state index < -0.39 is 77.3 Å². The van der Waals surface area contributed by atoms with Crippen LogP contribution in [0.5, 0.6) is 17.2 Å². The van der Waals surface area contributed by atoms with Crippen LogP contribution in [0.2, 0.25) is 0 Å². The third-order valence-electron chi connectivity index (χ3n) is 14.9. The lowest BCUT2D eigenvalue weighted by Crippen LogP contribution is -2.59. The second kappa shape index (κ2) is 21.6. The fourth-order valence-electron chi connectivity index (χ4n) is 11.6. The Hall–Kier alpha value is -7.75. The number of fused-ring (bicyclic) bond motifs is 4. The lowest BCUT2D eigenvalue weighted by atomic mass is 9.64. The number of morpholine rings is 1. The number of aliphatic hydroxyl groups excluding tert-OH is 2. The van der Waals surface area contributed by atoms with E-state index in [-0.39, 0.29) is 63.1 Å². The number of rotatable bonds is 13. The first-order valence-corrected chi connectivity index (χ1v) is 25.3. The number of nitrogens with one attached hydrogen (secondary N) is 1. The summed E-state index contributed by atoms with van der Waals surface area (Å²) in [5.41, 5.74) is 1.35. The number of hydrogen-bond donors (Lipinski definition) is 3. The molecule has 10 rings (SSSR count). The zero-order valence-electron chi connectivity index (χ0n) is 41.9. The zero-order chi connectivity index (χ0) is 52.4. The molecule has 3 saturated heterocycles. The predicted molar refractivity (Wildman–Crippen MR) is 273 cm³/mol. The van der Waals surface area contributed by atoms with Crippen molar-refractivity contribution < 1.29 is 57.9 Å². The molecule has 75 heavy (non-hydrogen) atoms. The van der Waals surface area contributed by atoms with Crippen LogP contribution < -0.4 is 24.4 Å². The quantitative estimate of drug-likeness (QED) is 0.0997. The van der Waals surface area contributed by atoms with Crippen LogP contribution >= 0.6 is 0 Å². The molecule has 17 heteroatoms. The number of urea groups is 1. The number of anilines is 1. The molecule has 4 amide bonds. The van der Waals surface area contributed by atoms with Crippen LogP contribution in [0.15, 0.2) is 121 Å². The molecule has 7 atom stereocenters. The van der Waals surface area contributed by atoms with E-state index in [0.717, 1.165) is 10.5 Å². The minimum atomic E-state index is -2.15. The van der Waals surface area contributed by atoms with Gasteiger partial charge in [-0.2, -0.15) is 0 Å². The summed E-state index contributed by atoms with van der Waals surface area (Å²) >= 11 is 0. The predicted octanol–water partition coefficient (Wildman–Crippen LogP) is 5.44. The fourth-order valence-corrected chi connectivity index (χ4v) is 11.6. The monoisotopic (exact) mass is 1020 g/mol. The minimum Gasteiger partial charge on any atom is -0.491 e. The number of benzene rings is 5. The summed E-state index contributed by atoms with van der Waals surface area (Å²) in [6.45, 7) is 4.80. The van der Waals surface area contributed by atoms with Crippen molar-refractivity contribution in [2.24, 2.45) is 11.8 Å². The number of ether oxygens (including phenoxy) is 5. The second-order valence-corrected chi connectivity index (χ2v) is 19.5. The van der Waals surface area contributed by atoms with Crippen LogP contribution in [-0.2, 0) is 40.6 Å². The SMILES string of the molecule is COC(=O)C(NC(=O)N1C(=O)C2(c3cc(C#CCCO)ccc31)C(C(=O)N1CCN(Cc3ccc4c(c3)OCO4)CC1)C1C(=O)OC(c3ccccc3)C(c3ccccc3)N1C2c1ccccc1OCCO)C(C)C. The Morgan fingerprint density at radius 3 is 2.23 bits per heavy atom. The van der Waals surface area contributed by atoms with Gasteiger partial charge < -0.3 is 44.1 Å². The molecule has 5 heterocycles. The molecule has 388 valence electrons. The molecule has 17 nitrogen and oxygen atoms in total. The number of carbonyl (C=O) groups is 5. The summed E-state index contributed by atoms with van der Waals surface area (Å²) in [5.74, 6) is 2.80. The number of cyclic esters (lactones) is 1. The van der Waals surface area contributed by atoms with Crippen LogP contribution in [0, 0.1) is 23.7 Å². The average Bonchev–Trinajstić information content (AvgIpc) is 4.22. The van der Waals surface area contributed by atoms with Crippen LogP contribution in [-0.4, -0.2) is 127 Å². The Balaban J connectivity index is 1.21. The van der Waals surface area contributed by atoms with E-state index in [0.29, 0.717) is 53.4 Å². The van der Waals surface area contributed by atoms with Gasteiger partial charge in [0.05, 0.1) is 44.0 Å². The topological polar surface area (TPSA) is 197 Å². The number of amides is 4. The minimum absolute atomic E-state index is 0.103. The van der Waals surface area contributed by atoms with E-state index in [1.807, 2.05) is 83.8 Å². The van der Waals surface area contributed by atoms with Gasteiger partial charge in [0.15, 0.2) is 11.5 Å². The largest absolute Gasteiger partial charge is 0.491 e. The van der Waals surface area contributed by atoms with E-state index in [4.69, 9.17) is 23.7 Å². The molecule has 0 saturated carbocycles. The normalized spacial score (nSPS) is 23.3. The van der Waals surface area contributed by atoms with Gasteiger partial charge in [-0.3, -0.25) is 24.2 Å². The Bertz CT molecular complexity index is 3030. The first-order chi connectivity index (χ1) is 36.5. The van der Waals surface area contributed by atoms with Crippen molar-refractivity contribution in [3.63, 3.8) is 0 Å². The standard InChI is InChI=1S/C58H59N5O12/c1-36(2)48(54(67)71-3)59-57(70)62-43-23-21-37(14-12-13-29-64)32-42(43)58(56(62)69)47(53(66)61-27-25-60(26-28-61)34-38-22-24-45-46(33-38)74-35-73-45)50-55(68)75-51(40-17-8-5-9-18-40)49(39-15-6-4-7-16-39)63(50)52(58)41-19-10-11-20-44(41)72-31-30-65/h4-11,15-24,32-33,36,47-52,64-65H,13,25-31,34-35H2,1-3H3,(H,59,70).